The number of benzene rings is 1. The molecule has 0 radical (unpaired) electrons. The molecule has 1 fully saturated rings. The first-order valence-electron chi connectivity index (χ1n) is 8.39. The number of aromatic amines is 1. The number of likely N-dealkylation sites (tertiary alicyclic amines) is 1. The summed E-state index contributed by atoms with van der Waals surface area (Å²) in [4.78, 5) is 13.6. The Morgan fingerprint density at radius 3 is 3.08 bits per heavy atom. The average Bonchev–Trinajstić information content (AvgIpc) is 3.06. The number of H-pyrrole nitrogens is 1. The largest absolute Gasteiger partial charge is 0.492 e. The standard InChI is InChI=1S/C18H24N4O2/c1-13-4-2-6-15(10-13)24-9-8-22-7-3-5-14(12-22)16-11-17(18(19)23)21-20-16/h2,4,6,10-11,14H,3,5,7-9,12H2,1H3,(H2,19,23)(H,20,21)/t14-/m1/s1. The van der Waals surface area contributed by atoms with Crippen molar-refractivity contribution in [1.29, 1.82) is 0 Å². The van der Waals surface area contributed by atoms with Gasteiger partial charge in [0.05, 0.1) is 0 Å². The predicted octanol–water partition coefficient (Wildman–Crippen LogP) is 2.08. The zero-order chi connectivity index (χ0) is 16.9. The summed E-state index contributed by atoms with van der Waals surface area (Å²) >= 11 is 0. The van der Waals surface area contributed by atoms with Gasteiger partial charge in [0, 0.05) is 24.7 Å². The fourth-order valence-corrected chi connectivity index (χ4v) is 3.18. The molecule has 1 saturated heterocycles. The number of hydrogen-bond acceptors (Lipinski definition) is 4. The Morgan fingerprint density at radius 1 is 1.46 bits per heavy atom. The van der Waals surface area contributed by atoms with E-state index in [4.69, 9.17) is 10.5 Å². The van der Waals surface area contributed by atoms with Crippen LogP contribution in [0.15, 0.2) is 30.3 Å². The average molecular weight is 328 g/mol. The number of hydrogen-bond donors (Lipinski definition) is 2. The van der Waals surface area contributed by atoms with Gasteiger partial charge in [-0.1, -0.05) is 12.1 Å². The van der Waals surface area contributed by atoms with Crippen molar-refractivity contribution in [2.24, 2.45) is 5.73 Å². The van der Waals surface area contributed by atoms with Crippen LogP contribution in [0.25, 0.3) is 0 Å². The molecule has 0 bridgehead atoms. The van der Waals surface area contributed by atoms with E-state index in [0.29, 0.717) is 18.2 Å². The third kappa shape index (κ3) is 4.14. The SMILES string of the molecule is Cc1cccc(OCCN2CCC[C@@H](c3cc(C(N)=O)n[nH]3)C2)c1. The summed E-state index contributed by atoms with van der Waals surface area (Å²) in [6.07, 6.45) is 2.22. The molecule has 1 aliphatic rings. The van der Waals surface area contributed by atoms with Gasteiger partial charge in [-0.25, -0.2) is 0 Å². The number of nitrogens with zero attached hydrogens (tertiary/aromatic N) is 2. The van der Waals surface area contributed by atoms with Gasteiger partial charge in [-0.3, -0.25) is 14.8 Å². The van der Waals surface area contributed by atoms with Crippen LogP contribution in [-0.2, 0) is 0 Å². The molecular weight excluding hydrogens is 304 g/mol. The lowest BCUT2D eigenvalue weighted by atomic mass is 9.94. The minimum atomic E-state index is -0.489. The summed E-state index contributed by atoms with van der Waals surface area (Å²) in [5.41, 5.74) is 7.77. The summed E-state index contributed by atoms with van der Waals surface area (Å²) < 4.78 is 5.84. The molecule has 6 heteroatoms. The van der Waals surface area contributed by atoms with E-state index in [0.717, 1.165) is 43.9 Å². The molecule has 1 amide bonds. The number of ether oxygens (including phenoxy) is 1. The number of rotatable bonds is 6. The summed E-state index contributed by atoms with van der Waals surface area (Å²) in [5.74, 6) is 0.790. The fourth-order valence-electron chi connectivity index (χ4n) is 3.18. The Morgan fingerprint density at radius 2 is 2.33 bits per heavy atom. The smallest absolute Gasteiger partial charge is 0.269 e. The molecule has 2 heterocycles. The van der Waals surface area contributed by atoms with Gasteiger partial charge in [-0.15, -0.1) is 0 Å². The number of primary amides is 1. The monoisotopic (exact) mass is 328 g/mol. The number of carbonyl (C=O) groups is 1. The molecule has 3 N–H and O–H groups in total. The molecule has 1 aromatic heterocycles. The summed E-state index contributed by atoms with van der Waals surface area (Å²) in [6, 6.07) is 9.89. The van der Waals surface area contributed by atoms with Crippen molar-refractivity contribution in [3.63, 3.8) is 0 Å². The van der Waals surface area contributed by atoms with Crippen LogP contribution < -0.4 is 10.5 Å². The van der Waals surface area contributed by atoms with E-state index >= 15 is 0 Å². The van der Waals surface area contributed by atoms with Crippen LogP contribution in [-0.4, -0.2) is 47.2 Å². The molecule has 0 saturated carbocycles. The number of aromatic nitrogens is 2. The molecule has 0 spiro atoms. The van der Waals surface area contributed by atoms with E-state index in [1.807, 2.05) is 12.1 Å². The van der Waals surface area contributed by atoms with E-state index in [1.54, 1.807) is 6.07 Å². The van der Waals surface area contributed by atoms with Crippen LogP contribution in [0.1, 0.15) is 40.5 Å². The maximum atomic E-state index is 11.2. The molecule has 1 atom stereocenters. The van der Waals surface area contributed by atoms with Gasteiger partial charge in [0.15, 0.2) is 0 Å². The van der Waals surface area contributed by atoms with E-state index in [-0.39, 0.29) is 0 Å². The van der Waals surface area contributed by atoms with Crippen molar-refractivity contribution < 1.29 is 9.53 Å². The van der Waals surface area contributed by atoms with Crippen molar-refractivity contribution in [1.82, 2.24) is 15.1 Å². The van der Waals surface area contributed by atoms with Crippen molar-refractivity contribution in [3.8, 4) is 5.75 Å². The van der Waals surface area contributed by atoms with Crippen molar-refractivity contribution in [2.45, 2.75) is 25.7 Å². The Balaban J connectivity index is 1.50. The molecule has 24 heavy (non-hydrogen) atoms. The van der Waals surface area contributed by atoms with Gasteiger partial charge >= 0.3 is 0 Å². The molecule has 3 rings (SSSR count). The van der Waals surface area contributed by atoms with E-state index in [2.05, 4.69) is 34.2 Å². The van der Waals surface area contributed by atoms with Gasteiger partial charge in [0.1, 0.15) is 18.1 Å². The van der Waals surface area contributed by atoms with Crippen LogP contribution in [0.2, 0.25) is 0 Å². The first-order valence-corrected chi connectivity index (χ1v) is 8.39. The lowest BCUT2D eigenvalue weighted by Gasteiger charge is -2.32. The summed E-state index contributed by atoms with van der Waals surface area (Å²) in [6.45, 7) is 5.64. The molecule has 2 aromatic rings. The maximum absolute atomic E-state index is 11.2. The molecule has 6 nitrogen and oxygen atoms in total. The zero-order valence-corrected chi connectivity index (χ0v) is 14.0. The molecular formula is C18H24N4O2. The molecule has 0 unspecified atom stereocenters. The minimum absolute atomic E-state index is 0.310. The normalized spacial score (nSPS) is 18.5. The van der Waals surface area contributed by atoms with E-state index < -0.39 is 5.91 Å². The highest BCUT2D eigenvalue weighted by atomic mass is 16.5. The predicted molar refractivity (Wildman–Crippen MR) is 92.2 cm³/mol. The number of piperidine rings is 1. The second-order valence-corrected chi connectivity index (χ2v) is 6.38. The van der Waals surface area contributed by atoms with Crippen LogP contribution in [0.4, 0.5) is 0 Å². The number of carbonyl (C=O) groups excluding carboxylic acids is 1. The number of aryl methyl sites for hydroxylation is 1. The van der Waals surface area contributed by atoms with Crippen molar-refractivity contribution in [2.75, 3.05) is 26.2 Å². The van der Waals surface area contributed by atoms with Crippen molar-refractivity contribution >= 4 is 5.91 Å². The molecule has 1 aromatic carbocycles. The van der Waals surface area contributed by atoms with Crippen molar-refractivity contribution in [3.05, 3.63) is 47.3 Å². The highest BCUT2D eigenvalue weighted by molar-refractivity contribution is 5.90. The number of nitrogens with two attached hydrogens (primary N) is 1. The molecule has 128 valence electrons. The molecule has 1 aliphatic heterocycles. The third-order valence-corrected chi connectivity index (χ3v) is 4.46. The quantitative estimate of drug-likeness (QED) is 0.850. The van der Waals surface area contributed by atoms with E-state index in [9.17, 15) is 4.79 Å². The van der Waals surface area contributed by atoms with Gasteiger partial charge in [-0.2, -0.15) is 5.10 Å². The van der Waals surface area contributed by atoms with Crippen LogP contribution in [0.5, 0.6) is 5.75 Å². The lowest BCUT2D eigenvalue weighted by Crippen LogP contribution is -2.37. The second-order valence-electron chi connectivity index (χ2n) is 6.38. The first-order chi connectivity index (χ1) is 11.6. The number of amides is 1. The van der Waals surface area contributed by atoms with E-state index in [1.165, 1.54) is 5.56 Å². The van der Waals surface area contributed by atoms with Crippen LogP contribution in [0, 0.1) is 6.92 Å². The Labute approximate surface area is 142 Å². The summed E-state index contributed by atoms with van der Waals surface area (Å²) in [7, 11) is 0. The maximum Gasteiger partial charge on any atom is 0.269 e. The van der Waals surface area contributed by atoms with Gasteiger partial charge in [0.2, 0.25) is 0 Å². The van der Waals surface area contributed by atoms with Crippen LogP contribution in [0.3, 0.4) is 0 Å². The highest BCUT2D eigenvalue weighted by Crippen LogP contribution is 2.25. The summed E-state index contributed by atoms with van der Waals surface area (Å²) in [5, 5.41) is 6.94. The second kappa shape index (κ2) is 7.49. The van der Waals surface area contributed by atoms with Gasteiger partial charge in [-0.05, 0) is 50.1 Å². The molecule has 0 aliphatic carbocycles. The lowest BCUT2D eigenvalue weighted by molar-refractivity contribution is 0.0995. The minimum Gasteiger partial charge on any atom is -0.492 e. The Hall–Kier alpha value is -2.34. The van der Waals surface area contributed by atoms with Gasteiger partial charge < -0.3 is 10.5 Å². The zero-order valence-electron chi connectivity index (χ0n) is 14.0. The number of nitrogens with one attached hydrogen (secondary N) is 1. The topological polar surface area (TPSA) is 84.2 Å². The third-order valence-electron chi connectivity index (χ3n) is 4.46. The highest BCUT2D eigenvalue weighted by Gasteiger charge is 2.23. The Kier molecular flexibility index (Phi) is 5.15. The van der Waals surface area contributed by atoms with Crippen LogP contribution >= 0.6 is 0 Å². The fraction of sp³-hybridized carbons (Fsp3) is 0.444. The van der Waals surface area contributed by atoms with Gasteiger partial charge in [0.25, 0.3) is 5.91 Å². The first kappa shape index (κ1) is 16.5. The Bertz CT molecular complexity index is 698.